The first-order valence-electron chi connectivity index (χ1n) is 5.06. The van der Waals surface area contributed by atoms with Gasteiger partial charge in [0.25, 0.3) is 0 Å². The lowest BCUT2D eigenvalue weighted by atomic mass is 10.3. The highest BCUT2D eigenvalue weighted by molar-refractivity contribution is 5.75. The van der Waals surface area contributed by atoms with Gasteiger partial charge in [0.05, 0.1) is 23.8 Å². The van der Waals surface area contributed by atoms with Crippen LogP contribution in [0.25, 0.3) is 11.0 Å². The van der Waals surface area contributed by atoms with Gasteiger partial charge in [-0.15, -0.1) is 0 Å². The van der Waals surface area contributed by atoms with E-state index in [2.05, 4.69) is 9.97 Å². The quantitative estimate of drug-likeness (QED) is 0.704. The summed E-state index contributed by atoms with van der Waals surface area (Å²) in [6, 6.07) is 7.84. The number of benzene rings is 1. The minimum absolute atomic E-state index is 0.772. The van der Waals surface area contributed by atoms with E-state index < -0.39 is 0 Å². The summed E-state index contributed by atoms with van der Waals surface area (Å²) in [4.78, 5) is 14.3. The van der Waals surface area contributed by atoms with Crippen LogP contribution < -0.4 is 5.06 Å². The van der Waals surface area contributed by atoms with Gasteiger partial charge in [-0.05, 0) is 18.6 Å². The van der Waals surface area contributed by atoms with Crippen LogP contribution in [0.3, 0.4) is 0 Å². The van der Waals surface area contributed by atoms with Gasteiger partial charge in [-0.2, -0.15) is 0 Å². The second-order valence-corrected chi connectivity index (χ2v) is 3.51. The van der Waals surface area contributed by atoms with E-state index in [-0.39, 0.29) is 0 Å². The Kier molecular flexibility index (Phi) is 1.99. The predicted octanol–water partition coefficient (Wildman–Crippen LogP) is 1.77. The van der Waals surface area contributed by atoms with Crippen LogP contribution in [0.5, 0.6) is 0 Å². The Balaban J connectivity index is 2.05. The second-order valence-electron chi connectivity index (χ2n) is 3.51. The molecular weight excluding hydrogens is 190 g/mol. The summed E-state index contributed by atoms with van der Waals surface area (Å²) in [6.45, 7) is 1.67. The number of rotatable bonds is 1. The highest BCUT2D eigenvalue weighted by atomic mass is 16.7. The van der Waals surface area contributed by atoms with Crippen LogP contribution in [0.2, 0.25) is 0 Å². The van der Waals surface area contributed by atoms with E-state index in [1.54, 1.807) is 11.3 Å². The Morgan fingerprint density at radius 2 is 2.07 bits per heavy atom. The van der Waals surface area contributed by atoms with Gasteiger partial charge in [-0.25, -0.2) is 10.0 Å². The maximum absolute atomic E-state index is 5.42. The molecular formula is C11H11N3O. The lowest BCUT2D eigenvalue weighted by Crippen LogP contribution is -2.17. The van der Waals surface area contributed by atoms with Gasteiger partial charge >= 0.3 is 0 Å². The molecule has 1 saturated heterocycles. The van der Waals surface area contributed by atoms with Crippen LogP contribution in [0.15, 0.2) is 30.5 Å². The average Bonchev–Trinajstić information content (AvgIpc) is 2.82. The normalized spacial score (nSPS) is 16.1. The topological polar surface area (TPSA) is 38.2 Å². The van der Waals surface area contributed by atoms with Crippen molar-refractivity contribution in [3.05, 3.63) is 30.5 Å². The molecule has 0 atom stereocenters. The van der Waals surface area contributed by atoms with E-state index in [0.29, 0.717) is 0 Å². The average molecular weight is 201 g/mol. The zero-order valence-electron chi connectivity index (χ0n) is 8.26. The molecule has 4 nitrogen and oxygen atoms in total. The summed E-state index contributed by atoms with van der Waals surface area (Å²) >= 11 is 0. The van der Waals surface area contributed by atoms with E-state index >= 15 is 0 Å². The molecule has 2 heterocycles. The number of hydrogen-bond acceptors (Lipinski definition) is 4. The van der Waals surface area contributed by atoms with Crippen LogP contribution in [-0.4, -0.2) is 23.1 Å². The zero-order chi connectivity index (χ0) is 10.1. The van der Waals surface area contributed by atoms with Crippen LogP contribution in [0.4, 0.5) is 5.82 Å². The second kappa shape index (κ2) is 3.47. The van der Waals surface area contributed by atoms with Crippen molar-refractivity contribution in [2.45, 2.75) is 6.42 Å². The molecule has 1 aliphatic rings. The number of aromatic nitrogens is 2. The Morgan fingerprint density at radius 3 is 2.87 bits per heavy atom. The van der Waals surface area contributed by atoms with Gasteiger partial charge < -0.3 is 0 Å². The number of hydroxylamine groups is 1. The number of hydrogen-bond donors (Lipinski definition) is 0. The van der Waals surface area contributed by atoms with Crippen molar-refractivity contribution in [3.63, 3.8) is 0 Å². The first kappa shape index (κ1) is 8.61. The van der Waals surface area contributed by atoms with Gasteiger partial charge in [-0.1, -0.05) is 12.1 Å². The van der Waals surface area contributed by atoms with E-state index in [1.165, 1.54) is 0 Å². The Hall–Kier alpha value is -1.68. The number of para-hydroxylation sites is 2. The summed E-state index contributed by atoms with van der Waals surface area (Å²) in [5.41, 5.74) is 1.82. The lowest BCUT2D eigenvalue weighted by molar-refractivity contribution is 0.166. The Labute approximate surface area is 87.5 Å². The van der Waals surface area contributed by atoms with E-state index in [4.69, 9.17) is 4.84 Å². The predicted molar refractivity (Wildman–Crippen MR) is 57.5 cm³/mol. The van der Waals surface area contributed by atoms with Crippen LogP contribution in [0, 0.1) is 0 Å². The molecule has 1 aliphatic heterocycles. The zero-order valence-corrected chi connectivity index (χ0v) is 8.26. The van der Waals surface area contributed by atoms with E-state index in [0.717, 1.165) is 36.4 Å². The molecule has 0 aliphatic carbocycles. The SMILES string of the molecule is c1ccc2nc(N3CCCO3)cnc2c1. The minimum atomic E-state index is 0.772. The van der Waals surface area contributed by atoms with E-state index in [1.807, 2.05) is 24.3 Å². The first-order chi connectivity index (χ1) is 7.43. The van der Waals surface area contributed by atoms with Gasteiger partial charge in [0.1, 0.15) is 0 Å². The van der Waals surface area contributed by atoms with Crippen molar-refractivity contribution in [2.24, 2.45) is 0 Å². The molecule has 1 fully saturated rings. The molecule has 0 saturated carbocycles. The van der Waals surface area contributed by atoms with Gasteiger partial charge in [0, 0.05) is 6.54 Å². The molecule has 0 spiro atoms. The van der Waals surface area contributed by atoms with Crippen LogP contribution in [0.1, 0.15) is 6.42 Å². The van der Waals surface area contributed by atoms with Crippen LogP contribution >= 0.6 is 0 Å². The molecule has 76 valence electrons. The summed E-state index contributed by atoms with van der Waals surface area (Å²) in [5, 5.41) is 1.80. The molecule has 3 rings (SSSR count). The fourth-order valence-electron chi connectivity index (χ4n) is 1.70. The van der Waals surface area contributed by atoms with Crippen molar-refractivity contribution in [1.29, 1.82) is 0 Å². The standard InChI is InChI=1S/C11H11N3O/c1-2-5-10-9(4-1)12-8-11(13-10)14-6-3-7-15-14/h1-2,4-5,8H,3,6-7H2. The third-order valence-corrected chi connectivity index (χ3v) is 2.44. The molecule has 0 unspecified atom stereocenters. The van der Waals surface area contributed by atoms with Crippen LogP contribution in [-0.2, 0) is 4.84 Å². The lowest BCUT2D eigenvalue weighted by Gasteiger charge is -2.14. The van der Waals surface area contributed by atoms with Gasteiger partial charge in [-0.3, -0.25) is 9.82 Å². The highest BCUT2D eigenvalue weighted by Crippen LogP contribution is 2.18. The molecule has 0 radical (unpaired) electrons. The molecule has 1 aromatic heterocycles. The van der Waals surface area contributed by atoms with Gasteiger partial charge in [0.2, 0.25) is 0 Å². The Bertz CT molecular complexity index is 480. The summed E-state index contributed by atoms with van der Waals surface area (Å²) in [6.07, 6.45) is 2.81. The van der Waals surface area contributed by atoms with Crippen molar-refractivity contribution in [3.8, 4) is 0 Å². The molecule has 0 N–H and O–H groups in total. The van der Waals surface area contributed by atoms with Crippen molar-refractivity contribution in [2.75, 3.05) is 18.2 Å². The van der Waals surface area contributed by atoms with Crippen molar-refractivity contribution < 1.29 is 4.84 Å². The summed E-state index contributed by atoms with van der Waals surface area (Å²) < 4.78 is 0. The maximum atomic E-state index is 5.42. The third kappa shape index (κ3) is 1.53. The smallest absolute Gasteiger partial charge is 0.171 e. The first-order valence-corrected chi connectivity index (χ1v) is 5.06. The van der Waals surface area contributed by atoms with Crippen molar-refractivity contribution >= 4 is 16.9 Å². The molecule has 0 amide bonds. The minimum Gasteiger partial charge on any atom is -0.272 e. The molecule has 4 heteroatoms. The number of nitrogens with zero attached hydrogens (tertiary/aromatic N) is 3. The highest BCUT2D eigenvalue weighted by Gasteiger charge is 2.15. The summed E-state index contributed by atoms with van der Waals surface area (Å²) in [5.74, 6) is 0.797. The van der Waals surface area contributed by atoms with E-state index in [9.17, 15) is 0 Å². The molecule has 1 aromatic carbocycles. The monoisotopic (exact) mass is 201 g/mol. The van der Waals surface area contributed by atoms with Crippen molar-refractivity contribution in [1.82, 2.24) is 9.97 Å². The number of anilines is 1. The Morgan fingerprint density at radius 1 is 1.20 bits per heavy atom. The molecule has 2 aromatic rings. The van der Waals surface area contributed by atoms with Gasteiger partial charge in [0.15, 0.2) is 5.82 Å². The summed E-state index contributed by atoms with van der Waals surface area (Å²) in [7, 11) is 0. The molecule has 0 bridgehead atoms. The maximum Gasteiger partial charge on any atom is 0.171 e. The fraction of sp³-hybridized carbons (Fsp3) is 0.273. The third-order valence-electron chi connectivity index (χ3n) is 2.44. The largest absolute Gasteiger partial charge is 0.272 e. The number of fused-ring (bicyclic) bond motifs is 1. The molecule has 15 heavy (non-hydrogen) atoms. The fourth-order valence-corrected chi connectivity index (χ4v) is 1.70.